The summed E-state index contributed by atoms with van der Waals surface area (Å²) in [5, 5.41) is 0.856. The number of hydrogen-bond acceptors (Lipinski definition) is 4. The zero-order chi connectivity index (χ0) is 18.2. The quantitative estimate of drug-likeness (QED) is 0.486. The van der Waals surface area contributed by atoms with Crippen LogP contribution in [0.1, 0.15) is 52.0 Å². The molecule has 25 heavy (non-hydrogen) atoms. The molecule has 2 rings (SSSR count). The fourth-order valence-corrected chi connectivity index (χ4v) is 3.66. The second-order valence-corrected chi connectivity index (χ2v) is 7.09. The van der Waals surface area contributed by atoms with Gasteiger partial charge in [-0.3, -0.25) is 14.7 Å². The van der Waals surface area contributed by atoms with Gasteiger partial charge in [-0.1, -0.05) is 38.8 Å². The second-order valence-electron chi connectivity index (χ2n) is 6.11. The summed E-state index contributed by atoms with van der Waals surface area (Å²) >= 11 is 1.52. The minimum Gasteiger partial charge on any atom is -0.497 e. The third-order valence-electron chi connectivity index (χ3n) is 4.22. The van der Waals surface area contributed by atoms with E-state index in [0.29, 0.717) is 0 Å². The molecule has 0 aliphatic carbocycles. The first kappa shape index (κ1) is 19.6. The van der Waals surface area contributed by atoms with E-state index in [4.69, 9.17) is 4.74 Å². The summed E-state index contributed by atoms with van der Waals surface area (Å²) in [5.74, 6) is 0.903. The third-order valence-corrected chi connectivity index (χ3v) is 5.44. The molecule has 0 spiro atoms. The van der Waals surface area contributed by atoms with Crippen LogP contribution >= 0.6 is 11.8 Å². The number of rotatable bonds is 8. The molecule has 1 saturated heterocycles. The van der Waals surface area contributed by atoms with Crippen LogP contribution in [-0.2, 0) is 4.79 Å². The molecule has 1 aromatic rings. The smallest absolute Gasteiger partial charge is 0.267 e. The Morgan fingerprint density at radius 2 is 1.84 bits per heavy atom. The van der Waals surface area contributed by atoms with Crippen molar-refractivity contribution < 1.29 is 9.53 Å². The maximum Gasteiger partial charge on any atom is 0.267 e. The van der Waals surface area contributed by atoms with Gasteiger partial charge in [0.1, 0.15) is 5.75 Å². The summed E-state index contributed by atoms with van der Waals surface area (Å²) in [4.78, 5) is 20.3. The van der Waals surface area contributed by atoms with Gasteiger partial charge in [-0.25, -0.2) is 0 Å². The summed E-state index contributed by atoms with van der Waals surface area (Å²) in [6.07, 6.45) is 4.22. The van der Waals surface area contributed by atoms with E-state index in [0.717, 1.165) is 65.7 Å². The topological polar surface area (TPSA) is 41.9 Å². The molecule has 1 amide bonds. The minimum absolute atomic E-state index is 0.0852. The molecule has 0 bridgehead atoms. The number of thioether (sulfide) groups is 1. The van der Waals surface area contributed by atoms with Crippen molar-refractivity contribution >= 4 is 28.4 Å². The fraction of sp³-hybridized carbons (Fsp3) is 0.500. The predicted molar refractivity (Wildman–Crippen MR) is 107 cm³/mol. The van der Waals surface area contributed by atoms with E-state index in [2.05, 4.69) is 18.8 Å². The maximum absolute atomic E-state index is 12.9. The summed E-state index contributed by atoms with van der Waals surface area (Å²) in [5.41, 5.74) is 2.04. The Morgan fingerprint density at radius 3 is 2.44 bits per heavy atom. The van der Waals surface area contributed by atoms with Crippen LogP contribution in [0.15, 0.2) is 34.2 Å². The van der Waals surface area contributed by atoms with E-state index >= 15 is 0 Å². The number of amides is 1. The first-order valence-electron chi connectivity index (χ1n) is 9.01. The molecule has 1 aliphatic heterocycles. The van der Waals surface area contributed by atoms with E-state index in [1.807, 2.05) is 36.1 Å². The number of ether oxygens (including phenoxy) is 1. The van der Waals surface area contributed by atoms with Crippen molar-refractivity contribution in [3.05, 3.63) is 34.7 Å². The lowest BCUT2D eigenvalue weighted by molar-refractivity contribution is -0.122. The Bertz CT molecular complexity index is 650. The Hall–Kier alpha value is -1.75. The van der Waals surface area contributed by atoms with Gasteiger partial charge in [0.15, 0.2) is 5.17 Å². The maximum atomic E-state index is 12.9. The number of allylic oxidation sites excluding steroid dienone is 1. The highest BCUT2D eigenvalue weighted by molar-refractivity contribution is 8.18. The first-order valence-corrected chi connectivity index (χ1v) is 9.83. The molecule has 4 nitrogen and oxygen atoms in total. The van der Waals surface area contributed by atoms with Crippen molar-refractivity contribution in [2.75, 3.05) is 20.2 Å². The Morgan fingerprint density at radius 1 is 1.16 bits per heavy atom. The van der Waals surface area contributed by atoms with Crippen molar-refractivity contribution in [1.82, 2.24) is 4.90 Å². The number of benzene rings is 1. The van der Waals surface area contributed by atoms with Gasteiger partial charge in [0.2, 0.25) is 0 Å². The SMILES string of the molecule is CCCCN=C1S/C(=C(/C)c2ccc(OC)cc2)C(=O)N1CCCC. The molecule has 0 saturated carbocycles. The molecule has 0 N–H and O–H groups in total. The average molecular weight is 361 g/mol. The molecule has 1 aromatic carbocycles. The van der Waals surface area contributed by atoms with Gasteiger partial charge in [0.05, 0.1) is 12.0 Å². The molecule has 5 heteroatoms. The monoisotopic (exact) mass is 360 g/mol. The number of nitrogens with zero attached hydrogens (tertiary/aromatic N) is 2. The number of carbonyl (C=O) groups is 1. The molecule has 136 valence electrons. The van der Waals surface area contributed by atoms with E-state index < -0.39 is 0 Å². The largest absolute Gasteiger partial charge is 0.497 e. The lowest BCUT2D eigenvalue weighted by atomic mass is 10.1. The number of carbonyl (C=O) groups excluding carboxylic acids is 1. The lowest BCUT2D eigenvalue weighted by Crippen LogP contribution is -2.30. The summed E-state index contributed by atoms with van der Waals surface area (Å²) in [6, 6.07) is 7.85. The van der Waals surface area contributed by atoms with Crippen molar-refractivity contribution in [3.63, 3.8) is 0 Å². The predicted octanol–water partition coefficient (Wildman–Crippen LogP) is 4.96. The molecular weight excluding hydrogens is 332 g/mol. The van der Waals surface area contributed by atoms with Gasteiger partial charge in [0.25, 0.3) is 5.91 Å². The Balaban J connectivity index is 2.29. The van der Waals surface area contributed by atoms with Crippen LogP contribution in [0.25, 0.3) is 5.57 Å². The molecule has 1 fully saturated rings. The van der Waals surface area contributed by atoms with E-state index in [9.17, 15) is 4.79 Å². The fourth-order valence-electron chi connectivity index (χ4n) is 2.57. The lowest BCUT2D eigenvalue weighted by Gasteiger charge is -2.15. The number of methoxy groups -OCH3 is 1. The zero-order valence-corrected chi connectivity index (χ0v) is 16.5. The second kappa shape index (κ2) is 9.66. The van der Waals surface area contributed by atoms with Crippen LogP contribution in [0.2, 0.25) is 0 Å². The summed E-state index contributed by atoms with van der Waals surface area (Å²) < 4.78 is 5.21. The first-order chi connectivity index (χ1) is 12.1. The highest BCUT2D eigenvalue weighted by Crippen LogP contribution is 2.37. The van der Waals surface area contributed by atoms with Crippen LogP contribution in [-0.4, -0.2) is 36.2 Å². The van der Waals surface area contributed by atoms with Crippen LogP contribution in [0.4, 0.5) is 0 Å². The van der Waals surface area contributed by atoms with Crippen LogP contribution < -0.4 is 4.74 Å². The van der Waals surface area contributed by atoms with Crippen molar-refractivity contribution in [2.45, 2.75) is 46.5 Å². The van der Waals surface area contributed by atoms with Crippen LogP contribution in [0.5, 0.6) is 5.75 Å². The third kappa shape index (κ3) is 4.88. The highest BCUT2D eigenvalue weighted by Gasteiger charge is 2.34. The van der Waals surface area contributed by atoms with Crippen molar-refractivity contribution in [1.29, 1.82) is 0 Å². The number of unbranched alkanes of at least 4 members (excludes halogenated alkanes) is 2. The van der Waals surface area contributed by atoms with E-state index in [1.54, 1.807) is 7.11 Å². The van der Waals surface area contributed by atoms with Gasteiger partial charge in [-0.15, -0.1) is 0 Å². The zero-order valence-electron chi connectivity index (χ0n) is 15.7. The van der Waals surface area contributed by atoms with Crippen molar-refractivity contribution in [2.24, 2.45) is 4.99 Å². The van der Waals surface area contributed by atoms with E-state index in [-0.39, 0.29) is 5.91 Å². The molecule has 0 unspecified atom stereocenters. The highest BCUT2D eigenvalue weighted by atomic mass is 32.2. The molecule has 1 aliphatic rings. The molecule has 0 atom stereocenters. The van der Waals surface area contributed by atoms with Crippen LogP contribution in [0, 0.1) is 0 Å². The normalized spacial score (nSPS) is 18.2. The van der Waals surface area contributed by atoms with Crippen LogP contribution in [0.3, 0.4) is 0 Å². The molecule has 0 aromatic heterocycles. The Kier molecular flexibility index (Phi) is 7.56. The summed E-state index contributed by atoms with van der Waals surface area (Å²) in [6.45, 7) is 7.83. The van der Waals surface area contributed by atoms with E-state index in [1.165, 1.54) is 11.8 Å². The minimum atomic E-state index is 0.0852. The van der Waals surface area contributed by atoms with Crippen molar-refractivity contribution in [3.8, 4) is 5.75 Å². The number of amidine groups is 1. The standard InChI is InChI=1S/C20H28N2O2S/c1-5-7-13-21-20-22(14-8-6-2)19(23)18(25-20)15(3)16-9-11-17(24-4)12-10-16/h9-12H,5-8,13-14H2,1-4H3/b18-15-,21-20?. The number of aliphatic imine (C=N–C) groups is 1. The van der Waals surface area contributed by atoms with Gasteiger partial charge in [-0.05, 0) is 54.8 Å². The average Bonchev–Trinajstić information content (AvgIpc) is 2.95. The molecular formula is C20H28N2O2S. The Labute approximate surface area is 155 Å². The van der Waals surface area contributed by atoms with Gasteiger partial charge in [-0.2, -0.15) is 0 Å². The van der Waals surface area contributed by atoms with Gasteiger partial charge >= 0.3 is 0 Å². The molecule has 1 heterocycles. The number of hydrogen-bond donors (Lipinski definition) is 0. The molecule has 0 radical (unpaired) electrons. The van der Waals surface area contributed by atoms with Gasteiger partial charge < -0.3 is 4.74 Å². The van der Waals surface area contributed by atoms with Gasteiger partial charge in [0, 0.05) is 13.1 Å². The summed E-state index contributed by atoms with van der Waals surface area (Å²) in [7, 11) is 1.65.